The van der Waals surface area contributed by atoms with E-state index in [4.69, 9.17) is 4.74 Å². The lowest BCUT2D eigenvalue weighted by Crippen LogP contribution is -2.36. The molecule has 3 nitrogen and oxygen atoms in total. The Morgan fingerprint density at radius 3 is 2.47 bits per heavy atom. The number of hydrogen-bond donors (Lipinski definition) is 1. The van der Waals surface area contributed by atoms with Crippen molar-refractivity contribution in [2.75, 3.05) is 37.7 Å². The molecule has 1 aliphatic rings. The molecule has 0 aliphatic carbocycles. The highest BCUT2D eigenvalue weighted by molar-refractivity contribution is 5.48. The van der Waals surface area contributed by atoms with Crippen molar-refractivity contribution in [1.29, 1.82) is 0 Å². The summed E-state index contributed by atoms with van der Waals surface area (Å²) < 4.78 is 5.36. The highest BCUT2D eigenvalue weighted by atomic mass is 16.5. The molecule has 1 aromatic carbocycles. The highest BCUT2D eigenvalue weighted by Gasteiger charge is 2.11. The highest BCUT2D eigenvalue weighted by Crippen LogP contribution is 2.19. The van der Waals surface area contributed by atoms with Gasteiger partial charge in [-0.15, -0.1) is 0 Å². The van der Waals surface area contributed by atoms with Crippen molar-refractivity contribution >= 4 is 5.69 Å². The zero-order valence-corrected chi connectivity index (χ0v) is 10.8. The van der Waals surface area contributed by atoms with E-state index in [1.54, 1.807) is 0 Å². The first kappa shape index (κ1) is 12.4. The van der Waals surface area contributed by atoms with Crippen molar-refractivity contribution in [2.24, 2.45) is 0 Å². The lowest BCUT2D eigenvalue weighted by atomic mass is 10.1. The molecule has 17 heavy (non-hydrogen) atoms. The molecule has 0 aromatic heterocycles. The van der Waals surface area contributed by atoms with Crippen LogP contribution in [0.4, 0.5) is 5.69 Å². The number of morpholine rings is 1. The van der Waals surface area contributed by atoms with Gasteiger partial charge in [0.2, 0.25) is 0 Å². The number of rotatable bonds is 4. The molecule has 0 saturated carbocycles. The molecule has 94 valence electrons. The van der Waals surface area contributed by atoms with Crippen LogP contribution in [0.3, 0.4) is 0 Å². The molecule has 1 aromatic rings. The van der Waals surface area contributed by atoms with E-state index in [1.807, 2.05) is 0 Å². The molecule has 3 heteroatoms. The van der Waals surface area contributed by atoms with E-state index in [0.29, 0.717) is 6.04 Å². The van der Waals surface area contributed by atoms with Crippen LogP contribution in [-0.2, 0) is 4.74 Å². The van der Waals surface area contributed by atoms with Gasteiger partial charge in [-0.1, -0.05) is 19.1 Å². The van der Waals surface area contributed by atoms with Gasteiger partial charge in [-0.25, -0.2) is 0 Å². The van der Waals surface area contributed by atoms with Crippen molar-refractivity contribution in [1.82, 2.24) is 5.32 Å². The Bertz CT molecular complexity index is 331. The van der Waals surface area contributed by atoms with Crippen LogP contribution in [0.5, 0.6) is 0 Å². The predicted molar refractivity (Wildman–Crippen MR) is 71.6 cm³/mol. The van der Waals surface area contributed by atoms with E-state index in [1.165, 1.54) is 11.3 Å². The molecule has 1 N–H and O–H groups in total. The van der Waals surface area contributed by atoms with Gasteiger partial charge in [0.1, 0.15) is 0 Å². The zero-order valence-electron chi connectivity index (χ0n) is 10.8. The van der Waals surface area contributed by atoms with Crippen molar-refractivity contribution in [3.63, 3.8) is 0 Å². The lowest BCUT2D eigenvalue weighted by molar-refractivity contribution is 0.122. The number of ether oxygens (including phenoxy) is 1. The third kappa shape index (κ3) is 3.20. The molecule has 1 heterocycles. The monoisotopic (exact) mass is 234 g/mol. The van der Waals surface area contributed by atoms with E-state index < -0.39 is 0 Å². The molecular weight excluding hydrogens is 212 g/mol. The van der Waals surface area contributed by atoms with Crippen LogP contribution in [0.1, 0.15) is 25.5 Å². The topological polar surface area (TPSA) is 24.5 Å². The second-order valence-corrected chi connectivity index (χ2v) is 4.47. The molecule has 0 radical (unpaired) electrons. The van der Waals surface area contributed by atoms with Crippen LogP contribution >= 0.6 is 0 Å². The van der Waals surface area contributed by atoms with E-state index in [9.17, 15) is 0 Å². The summed E-state index contributed by atoms with van der Waals surface area (Å²) in [5.74, 6) is 0. The zero-order chi connectivity index (χ0) is 12.1. The van der Waals surface area contributed by atoms with E-state index >= 15 is 0 Å². The van der Waals surface area contributed by atoms with Crippen molar-refractivity contribution < 1.29 is 4.74 Å². The maximum atomic E-state index is 5.36. The number of nitrogens with zero attached hydrogens (tertiary/aromatic N) is 1. The van der Waals surface area contributed by atoms with Gasteiger partial charge < -0.3 is 15.0 Å². The fourth-order valence-corrected chi connectivity index (χ4v) is 2.22. The predicted octanol–water partition coefficient (Wildman–Crippen LogP) is 2.19. The normalized spacial score (nSPS) is 18.1. The van der Waals surface area contributed by atoms with Crippen molar-refractivity contribution in [2.45, 2.75) is 19.9 Å². The summed E-state index contributed by atoms with van der Waals surface area (Å²) in [4.78, 5) is 2.38. The fourth-order valence-electron chi connectivity index (χ4n) is 2.22. The molecule has 1 saturated heterocycles. The standard InChI is InChI=1S/C14H22N2O/c1-3-15-12(2)13-4-6-14(7-5-13)16-8-10-17-11-9-16/h4-7,12,15H,3,8-11H2,1-2H3. The van der Waals surface area contributed by atoms with Crippen LogP contribution in [0.25, 0.3) is 0 Å². The second kappa shape index (κ2) is 6.03. The van der Waals surface area contributed by atoms with Gasteiger partial charge in [0.25, 0.3) is 0 Å². The molecule has 1 fully saturated rings. The fraction of sp³-hybridized carbons (Fsp3) is 0.571. The SMILES string of the molecule is CCNC(C)c1ccc(N2CCOCC2)cc1. The van der Waals surface area contributed by atoms with Gasteiger partial charge in [-0.05, 0) is 31.2 Å². The Hall–Kier alpha value is -1.06. The Morgan fingerprint density at radius 1 is 1.24 bits per heavy atom. The summed E-state index contributed by atoms with van der Waals surface area (Å²) in [5.41, 5.74) is 2.66. The van der Waals surface area contributed by atoms with Gasteiger partial charge in [-0.2, -0.15) is 0 Å². The van der Waals surface area contributed by atoms with Crippen LogP contribution < -0.4 is 10.2 Å². The van der Waals surface area contributed by atoms with Gasteiger partial charge in [0.05, 0.1) is 13.2 Å². The summed E-state index contributed by atoms with van der Waals surface area (Å²) in [6.45, 7) is 9.04. The third-order valence-corrected chi connectivity index (χ3v) is 3.28. The molecular formula is C14H22N2O. The van der Waals surface area contributed by atoms with Crippen LogP contribution in [0.15, 0.2) is 24.3 Å². The summed E-state index contributed by atoms with van der Waals surface area (Å²) in [7, 11) is 0. The van der Waals surface area contributed by atoms with Gasteiger partial charge in [0, 0.05) is 24.8 Å². The molecule has 1 aliphatic heterocycles. The maximum Gasteiger partial charge on any atom is 0.0642 e. The maximum absolute atomic E-state index is 5.36. The summed E-state index contributed by atoms with van der Waals surface area (Å²) in [6.07, 6.45) is 0. The number of hydrogen-bond acceptors (Lipinski definition) is 3. The summed E-state index contributed by atoms with van der Waals surface area (Å²) in [5, 5.41) is 3.43. The Morgan fingerprint density at radius 2 is 1.88 bits per heavy atom. The minimum atomic E-state index is 0.429. The first-order chi connectivity index (χ1) is 8.31. The minimum absolute atomic E-state index is 0.429. The van der Waals surface area contributed by atoms with Crippen LogP contribution in [-0.4, -0.2) is 32.8 Å². The first-order valence-corrected chi connectivity index (χ1v) is 6.47. The van der Waals surface area contributed by atoms with Crippen molar-refractivity contribution in [3.05, 3.63) is 29.8 Å². The molecule has 1 atom stereocenters. The average molecular weight is 234 g/mol. The van der Waals surface area contributed by atoms with Gasteiger partial charge in [-0.3, -0.25) is 0 Å². The van der Waals surface area contributed by atoms with E-state index in [2.05, 4.69) is 48.3 Å². The Balaban J connectivity index is 2.01. The van der Waals surface area contributed by atoms with E-state index in [0.717, 1.165) is 32.8 Å². The molecule has 0 spiro atoms. The van der Waals surface area contributed by atoms with Crippen LogP contribution in [0.2, 0.25) is 0 Å². The van der Waals surface area contributed by atoms with Crippen molar-refractivity contribution in [3.8, 4) is 0 Å². The third-order valence-electron chi connectivity index (χ3n) is 3.28. The lowest BCUT2D eigenvalue weighted by Gasteiger charge is -2.29. The number of benzene rings is 1. The summed E-state index contributed by atoms with van der Waals surface area (Å²) >= 11 is 0. The Kier molecular flexibility index (Phi) is 4.40. The smallest absolute Gasteiger partial charge is 0.0642 e. The Labute approximate surface area is 104 Å². The average Bonchev–Trinajstić information content (AvgIpc) is 2.40. The molecule has 0 bridgehead atoms. The quantitative estimate of drug-likeness (QED) is 0.864. The van der Waals surface area contributed by atoms with Crippen LogP contribution in [0, 0.1) is 0 Å². The van der Waals surface area contributed by atoms with E-state index in [-0.39, 0.29) is 0 Å². The second-order valence-electron chi connectivity index (χ2n) is 4.47. The van der Waals surface area contributed by atoms with Gasteiger partial charge >= 0.3 is 0 Å². The molecule has 2 rings (SSSR count). The molecule has 1 unspecified atom stereocenters. The van der Waals surface area contributed by atoms with Gasteiger partial charge in [0.15, 0.2) is 0 Å². The number of anilines is 1. The first-order valence-electron chi connectivity index (χ1n) is 6.47. The summed E-state index contributed by atoms with van der Waals surface area (Å²) in [6, 6.07) is 9.30. The molecule has 0 amide bonds. The number of nitrogens with one attached hydrogen (secondary N) is 1. The largest absolute Gasteiger partial charge is 0.378 e. The minimum Gasteiger partial charge on any atom is -0.378 e.